The van der Waals surface area contributed by atoms with E-state index < -0.39 is 0 Å². The van der Waals surface area contributed by atoms with Crippen LogP contribution < -0.4 is 0 Å². The molecule has 2 aliphatic rings. The third kappa shape index (κ3) is 2.68. The highest BCUT2D eigenvalue weighted by Gasteiger charge is 2.38. The first kappa shape index (κ1) is 21.4. The molecule has 0 atom stereocenters. The van der Waals surface area contributed by atoms with E-state index in [0.29, 0.717) is 0 Å². The second-order valence-electron chi connectivity index (χ2n) is 11.8. The number of rotatable bonds is 1. The lowest BCUT2D eigenvalue weighted by molar-refractivity contribution is 0.660. The summed E-state index contributed by atoms with van der Waals surface area (Å²) in [7, 11) is 0. The largest absolute Gasteiger partial charge is 0.135 e. The van der Waals surface area contributed by atoms with Gasteiger partial charge in [-0.2, -0.15) is 0 Å². The molecule has 0 nitrogen and oxygen atoms in total. The first-order chi connectivity index (χ1) is 17.9. The second kappa shape index (κ2) is 7.00. The van der Waals surface area contributed by atoms with E-state index in [-0.39, 0.29) is 10.8 Å². The van der Waals surface area contributed by atoms with E-state index in [0.717, 1.165) is 0 Å². The molecule has 0 N–H and O–H groups in total. The molecular weight excluding hydrogens is 464 g/mol. The van der Waals surface area contributed by atoms with Gasteiger partial charge in [0.2, 0.25) is 0 Å². The minimum absolute atomic E-state index is 0.00483. The smallest absolute Gasteiger partial charge is 0.0437 e. The molecule has 0 spiro atoms. The summed E-state index contributed by atoms with van der Waals surface area (Å²) in [6.45, 7) is 9.49. The molecule has 1 heterocycles. The van der Waals surface area contributed by atoms with Crippen molar-refractivity contribution in [1.29, 1.82) is 0 Å². The molecule has 0 amide bonds. The van der Waals surface area contributed by atoms with Gasteiger partial charge in [0.15, 0.2) is 0 Å². The summed E-state index contributed by atoms with van der Waals surface area (Å²) in [5, 5.41) is 2.75. The van der Waals surface area contributed by atoms with Crippen molar-refractivity contribution in [3.63, 3.8) is 0 Å². The Labute approximate surface area is 222 Å². The van der Waals surface area contributed by atoms with E-state index >= 15 is 0 Å². The van der Waals surface area contributed by atoms with Crippen LogP contribution in [0, 0.1) is 0 Å². The molecular formula is C36H28S. The SMILES string of the molecule is CC1(C)c2ccccc2-c2ccc(-c3ccc4c(c3)-c3c(ccc5c3sc3ccccc35)C4(C)C)cc21. The van der Waals surface area contributed by atoms with E-state index in [4.69, 9.17) is 0 Å². The Balaban J connectivity index is 1.35. The molecule has 0 unspecified atom stereocenters. The van der Waals surface area contributed by atoms with Crippen molar-refractivity contribution in [2.24, 2.45) is 0 Å². The molecule has 1 heteroatoms. The molecule has 5 aromatic carbocycles. The van der Waals surface area contributed by atoms with Gasteiger partial charge >= 0.3 is 0 Å². The van der Waals surface area contributed by atoms with Crippen LogP contribution in [0.3, 0.4) is 0 Å². The van der Waals surface area contributed by atoms with Gasteiger partial charge in [0, 0.05) is 36.6 Å². The zero-order chi connectivity index (χ0) is 25.1. The maximum atomic E-state index is 2.46. The summed E-state index contributed by atoms with van der Waals surface area (Å²) in [6, 6.07) is 36.7. The van der Waals surface area contributed by atoms with Crippen molar-refractivity contribution in [1.82, 2.24) is 0 Å². The molecule has 1 aromatic heterocycles. The number of fused-ring (bicyclic) bond motifs is 10. The number of hydrogen-bond acceptors (Lipinski definition) is 1. The van der Waals surface area contributed by atoms with Gasteiger partial charge in [-0.05, 0) is 68.3 Å². The molecule has 0 aliphatic heterocycles. The van der Waals surface area contributed by atoms with Crippen LogP contribution in [-0.2, 0) is 10.8 Å². The van der Waals surface area contributed by atoms with Crippen LogP contribution in [0.5, 0.6) is 0 Å². The predicted molar refractivity (Wildman–Crippen MR) is 160 cm³/mol. The van der Waals surface area contributed by atoms with E-state index in [2.05, 4.69) is 125 Å². The summed E-state index contributed by atoms with van der Waals surface area (Å²) >= 11 is 1.94. The maximum Gasteiger partial charge on any atom is 0.0437 e. The van der Waals surface area contributed by atoms with Crippen LogP contribution in [0.2, 0.25) is 0 Å². The van der Waals surface area contributed by atoms with Crippen molar-refractivity contribution >= 4 is 31.5 Å². The fourth-order valence-corrected chi connectivity index (χ4v) is 8.35. The first-order valence-corrected chi connectivity index (χ1v) is 14.0. The van der Waals surface area contributed by atoms with Gasteiger partial charge in [-0.1, -0.05) is 107 Å². The minimum Gasteiger partial charge on any atom is -0.135 e. The van der Waals surface area contributed by atoms with Crippen molar-refractivity contribution in [3.8, 4) is 33.4 Å². The molecule has 178 valence electrons. The zero-order valence-corrected chi connectivity index (χ0v) is 22.5. The van der Waals surface area contributed by atoms with Crippen molar-refractivity contribution in [2.45, 2.75) is 38.5 Å². The molecule has 0 bridgehead atoms. The molecule has 0 saturated heterocycles. The quantitative estimate of drug-likeness (QED) is 0.214. The van der Waals surface area contributed by atoms with Crippen molar-refractivity contribution in [3.05, 3.63) is 119 Å². The maximum absolute atomic E-state index is 2.46. The summed E-state index contributed by atoms with van der Waals surface area (Å²) in [5.74, 6) is 0. The van der Waals surface area contributed by atoms with Crippen LogP contribution in [0.15, 0.2) is 97.1 Å². The Morgan fingerprint density at radius 3 is 2.03 bits per heavy atom. The Morgan fingerprint density at radius 1 is 0.486 bits per heavy atom. The molecule has 2 aliphatic carbocycles. The second-order valence-corrected chi connectivity index (χ2v) is 12.8. The Kier molecular flexibility index (Phi) is 4.05. The van der Waals surface area contributed by atoms with Gasteiger partial charge in [0.05, 0.1) is 0 Å². The predicted octanol–water partition coefficient (Wildman–Crippen LogP) is 10.3. The normalized spacial score (nSPS) is 16.0. The van der Waals surface area contributed by atoms with Crippen LogP contribution in [0.25, 0.3) is 53.6 Å². The van der Waals surface area contributed by atoms with Crippen LogP contribution >= 0.6 is 11.3 Å². The summed E-state index contributed by atoms with van der Waals surface area (Å²) in [4.78, 5) is 0. The Hall–Kier alpha value is -3.68. The van der Waals surface area contributed by atoms with Gasteiger partial charge in [0.25, 0.3) is 0 Å². The van der Waals surface area contributed by atoms with Crippen molar-refractivity contribution in [2.75, 3.05) is 0 Å². The fourth-order valence-electron chi connectivity index (χ4n) is 7.08. The number of hydrogen-bond donors (Lipinski definition) is 0. The zero-order valence-electron chi connectivity index (χ0n) is 21.6. The highest BCUT2D eigenvalue weighted by molar-refractivity contribution is 7.26. The molecule has 0 radical (unpaired) electrons. The highest BCUT2D eigenvalue weighted by atomic mass is 32.1. The lowest BCUT2D eigenvalue weighted by atomic mass is 9.81. The van der Waals surface area contributed by atoms with Crippen LogP contribution in [0.4, 0.5) is 0 Å². The lowest BCUT2D eigenvalue weighted by Gasteiger charge is -2.22. The van der Waals surface area contributed by atoms with Gasteiger partial charge in [-0.15, -0.1) is 11.3 Å². The summed E-state index contributed by atoms with van der Waals surface area (Å²) < 4.78 is 2.79. The molecule has 6 aromatic rings. The summed E-state index contributed by atoms with van der Waals surface area (Å²) in [6.07, 6.45) is 0. The molecule has 0 fully saturated rings. The van der Waals surface area contributed by atoms with E-state index in [1.165, 1.54) is 75.8 Å². The Bertz CT molecular complexity index is 1930. The standard InChI is InChI=1S/C36H28S/c1-35(2)29-17-14-21(22-13-15-24-23-9-5-7-11-28(23)36(3,4)31(24)20-22)19-27(29)33-30(35)18-16-26-25-10-6-8-12-32(25)37-34(26)33/h5-20H,1-4H3. The fraction of sp³-hybridized carbons (Fsp3) is 0.167. The van der Waals surface area contributed by atoms with Gasteiger partial charge in [-0.25, -0.2) is 0 Å². The Morgan fingerprint density at radius 2 is 1.14 bits per heavy atom. The number of benzene rings is 5. The van der Waals surface area contributed by atoms with Crippen molar-refractivity contribution < 1.29 is 0 Å². The van der Waals surface area contributed by atoms with Gasteiger partial charge in [-0.3, -0.25) is 0 Å². The van der Waals surface area contributed by atoms with Gasteiger partial charge < -0.3 is 0 Å². The molecule has 37 heavy (non-hydrogen) atoms. The van der Waals surface area contributed by atoms with Crippen LogP contribution in [-0.4, -0.2) is 0 Å². The van der Waals surface area contributed by atoms with E-state index in [1.54, 1.807) is 0 Å². The molecule has 0 saturated carbocycles. The lowest BCUT2D eigenvalue weighted by Crippen LogP contribution is -2.15. The number of thiophene rings is 1. The molecule has 8 rings (SSSR count). The topological polar surface area (TPSA) is 0 Å². The van der Waals surface area contributed by atoms with E-state index in [9.17, 15) is 0 Å². The van der Waals surface area contributed by atoms with Gasteiger partial charge in [0.1, 0.15) is 0 Å². The monoisotopic (exact) mass is 492 g/mol. The third-order valence-corrected chi connectivity index (χ3v) is 10.3. The van der Waals surface area contributed by atoms with Crippen LogP contribution in [0.1, 0.15) is 49.9 Å². The minimum atomic E-state index is -0.00483. The highest BCUT2D eigenvalue weighted by Crippen LogP contribution is 2.55. The third-order valence-electron chi connectivity index (χ3n) is 9.10. The average Bonchev–Trinajstić information content (AvgIpc) is 3.48. The summed E-state index contributed by atoms with van der Waals surface area (Å²) in [5.41, 5.74) is 14.0. The average molecular weight is 493 g/mol. The van der Waals surface area contributed by atoms with E-state index in [1.807, 2.05) is 11.3 Å². The first-order valence-electron chi connectivity index (χ1n) is 13.2.